The molecule has 2 N–H and O–H groups in total. The number of esters is 1. The van der Waals surface area contributed by atoms with Crippen molar-refractivity contribution in [1.82, 2.24) is 0 Å². The molecule has 0 radical (unpaired) electrons. The first-order chi connectivity index (χ1) is 13.2. The monoisotopic (exact) mass is 400 g/mol. The summed E-state index contributed by atoms with van der Waals surface area (Å²) in [7, 11) is 1.41. The lowest BCUT2D eigenvalue weighted by atomic mass is 9.72. The van der Waals surface area contributed by atoms with Gasteiger partial charge < -0.3 is 15.4 Å². The van der Waals surface area contributed by atoms with Crippen molar-refractivity contribution in [3.05, 3.63) is 58.1 Å². The molecule has 0 fully saturated rings. The molecule has 3 rings (SSSR count). The predicted octanol–water partition coefficient (Wildman–Crippen LogP) is 5.93. The van der Waals surface area contributed by atoms with Gasteiger partial charge >= 0.3 is 5.97 Å². The molecule has 0 saturated heterocycles. The Morgan fingerprint density at radius 1 is 1.29 bits per heavy atom. The number of hydrogen-bond donors (Lipinski definition) is 2. The van der Waals surface area contributed by atoms with E-state index in [1.54, 1.807) is 0 Å². The van der Waals surface area contributed by atoms with E-state index in [0.717, 1.165) is 34.9 Å². The van der Waals surface area contributed by atoms with Gasteiger partial charge in [-0.25, -0.2) is 4.79 Å². The van der Waals surface area contributed by atoms with E-state index in [1.165, 1.54) is 12.7 Å². The first-order valence-corrected chi connectivity index (χ1v) is 10.1. The first-order valence-electron chi connectivity index (χ1n) is 9.72. The van der Waals surface area contributed by atoms with Gasteiger partial charge in [-0.1, -0.05) is 45.4 Å². The number of carbonyl (C=O) groups is 1. The molecule has 1 heterocycles. The minimum atomic E-state index is -0.304. The SMILES string of the molecule is COC(=O)c1ccc2c(c1)CC(C)(C)C(c1ccc(Cl)c(NCC(C)C)c1)N2. The van der Waals surface area contributed by atoms with Crippen molar-refractivity contribution < 1.29 is 9.53 Å². The summed E-state index contributed by atoms with van der Waals surface area (Å²) in [5.74, 6) is 0.237. The Labute approximate surface area is 172 Å². The van der Waals surface area contributed by atoms with Crippen molar-refractivity contribution in [1.29, 1.82) is 0 Å². The minimum absolute atomic E-state index is 0.0368. The Kier molecular flexibility index (Phi) is 5.90. The number of ether oxygens (including phenoxy) is 1. The molecule has 1 unspecified atom stereocenters. The van der Waals surface area contributed by atoms with Crippen molar-refractivity contribution >= 4 is 28.9 Å². The third-order valence-corrected chi connectivity index (χ3v) is 5.61. The standard InChI is InChI=1S/C23H29ClN2O2/c1-14(2)13-25-20-11-15(6-8-18(20)24)21-23(3,4)12-17-10-16(22(27)28-5)7-9-19(17)26-21/h6-11,14,21,25-26H,12-13H2,1-5H3. The number of hydrogen-bond acceptors (Lipinski definition) is 4. The van der Waals surface area contributed by atoms with Crippen LogP contribution in [-0.2, 0) is 11.2 Å². The summed E-state index contributed by atoms with van der Waals surface area (Å²) in [5, 5.41) is 7.87. The van der Waals surface area contributed by atoms with Crippen LogP contribution in [0.3, 0.4) is 0 Å². The van der Waals surface area contributed by atoms with E-state index in [-0.39, 0.29) is 17.4 Å². The van der Waals surface area contributed by atoms with Crippen LogP contribution in [0.2, 0.25) is 5.02 Å². The Morgan fingerprint density at radius 2 is 2.04 bits per heavy atom. The number of halogens is 1. The predicted molar refractivity (Wildman–Crippen MR) is 116 cm³/mol. The van der Waals surface area contributed by atoms with Crippen LogP contribution >= 0.6 is 11.6 Å². The molecule has 2 aromatic rings. The molecule has 28 heavy (non-hydrogen) atoms. The summed E-state index contributed by atoms with van der Waals surface area (Å²) in [6, 6.07) is 12.1. The van der Waals surface area contributed by atoms with Gasteiger partial charge in [-0.15, -0.1) is 0 Å². The van der Waals surface area contributed by atoms with Gasteiger partial charge in [0.1, 0.15) is 0 Å². The van der Waals surface area contributed by atoms with E-state index in [0.29, 0.717) is 11.5 Å². The third-order valence-electron chi connectivity index (χ3n) is 5.28. The molecule has 0 spiro atoms. The van der Waals surface area contributed by atoms with Gasteiger partial charge in [0.05, 0.1) is 29.4 Å². The second-order valence-corrected chi connectivity index (χ2v) is 9.03. The zero-order valence-electron chi connectivity index (χ0n) is 17.2. The van der Waals surface area contributed by atoms with Crippen LogP contribution in [0, 0.1) is 11.3 Å². The second kappa shape index (κ2) is 8.04. The molecule has 0 bridgehead atoms. The van der Waals surface area contributed by atoms with Crippen LogP contribution in [0.5, 0.6) is 0 Å². The zero-order valence-corrected chi connectivity index (χ0v) is 18.0. The number of rotatable bonds is 5. The fraction of sp³-hybridized carbons (Fsp3) is 0.435. The maximum Gasteiger partial charge on any atom is 0.337 e. The van der Waals surface area contributed by atoms with Crippen molar-refractivity contribution in [3.8, 4) is 0 Å². The summed E-state index contributed by atoms with van der Waals surface area (Å²) < 4.78 is 4.85. The topological polar surface area (TPSA) is 50.4 Å². The van der Waals surface area contributed by atoms with Crippen molar-refractivity contribution in [2.45, 2.75) is 40.2 Å². The van der Waals surface area contributed by atoms with E-state index in [9.17, 15) is 4.79 Å². The van der Waals surface area contributed by atoms with E-state index in [4.69, 9.17) is 16.3 Å². The fourth-order valence-corrected chi connectivity index (χ4v) is 3.96. The van der Waals surface area contributed by atoms with Gasteiger partial charge in [0, 0.05) is 12.2 Å². The van der Waals surface area contributed by atoms with Crippen molar-refractivity contribution in [2.24, 2.45) is 11.3 Å². The van der Waals surface area contributed by atoms with Crippen LogP contribution in [0.15, 0.2) is 36.4 Å². The van der Waals surface area contributed by atoms with E-state index >= 15 is 0 Å². The molecule has 150 valence electrons. The smallest absolute Gasteiger partial charge is 0.337 e. The lowest BCUT2D eigenvalue weighted by molar-refractivity contribution is 0.0600. The zero-order chi connectivity index (χ0) is 20.5. The Hall–Kier alpha value is -2.20. The Balaban J connectivity index is 1.91. The largest absolute Gasteiger partial charge is 0.465 e. The molecule has 0 aromatic heterocycles. The van der Waals surface area contributed by atoms with E-state index in [1.807, 2.05) is 24.3 Å². The summed E-state index contributed by atoms with van der Waals surface area (Å²) in [6.45, 7) is 9.72. The number of nitrogens with one attached hydrogen (secondary N) is 2. The quantitative estimate of drug-likeness (QED) is 0.610. The highest BCUT2D eigenvalue weighted by molar-refractivity contribution is 6.33. The average molecular weight is 401 g/mol. The summed E-state index contributed by atoms with van der Waals surface area (Å²) >= 11 is 6.40. The number of fused-ring (bicyclic) bond motifs is 1. The molecular formula is C23H29ClN2O2. The maximum atomic E-state index is 11.9. The van der Waals surface area contributed by atoms with Crippen LogP contribution < -0.4 is 10.6 Å². The summed E-state index contributed by atoms with van der Waals surface area (Å²) in [5.41, 5.74) is 4.91. The molecule has 1 aliphatic heterocycles. The van der Waals surface area contributed by atoms with Gasteiger partial charge in [-0.2, -0.15) is 0 Å². The molecule has 5 heteroatoms. The molecular weight excluding hydrogens is 372 g/mol. The van der Waals surface area contributed by atoms with Crippen molar-refractivity contribution in [2.75, 3.05) is 24.3 Å². The van der Waals surface area contributed by atoms with Crippen LogP contribution in [0.4, 0.5) is 11.4 Å². The summed E-state index contributed by atoms with van der Waals surface area (Å²) in [4.78, 5) is 11.9. The average Bonchev–Trinajstić information content (AvgIpc) is 2.65. The normalized spacial score (nSPS) is 17.6. The molecule has 2 aromatic carbocycles. The summed E-state index contributed by atoms with van der Waals surface area (Å²) in [6.07, 6.45) is 0.863. The number of methoxy groups -OCH3 is 1. The molecule has 0 aliphatic carbocycles. The highest BCUT2D eigenvalue weighted by Crippen LogP contribution is 2.45. The highest BCUT2D eigenvalue weighted by atomic mass is 35.5. The number of anilines is 2. The minimum Gasteiger partial charge on any atom is -0.465 e. The fourth-order valence-electron chi connectivity index (χ4n) is 3.78. The number of benzene rings is 2. The van der Waals surface area contributed by atoms with Crippen LogP contribution in [0.25, 0.3) is 0 Å². The van der Waals surface area contributed by atoms with E-state index < -0.39 is 0 Å². The Morgan fingerprint density at radius 3 is 2.71 bits per heavy atom. The van der Waals surface area contributed by atoms with Crippen LogP contribution in [0.1, 0.15) is 55.2 Å². The highest BCUT2D eigenvalue weighted by Gasteiger charge is 2.36. The van der Waals surface area contributed by atoms with Gasteiger partial charge in [0.25, 0.3) is 0 Å². The second-order valence-electron chi connectivity index (χ2n) is 8.62. The number of carbonyl (C=O) groups excluding carboxylic acids is 1. The molecule has 0 amide bonds. The van der Waals surface area contributed by atoms with Gasteiger partial charge in [-0.05, 0) is 59.2 Å². The lowest BCUT2D eigenvalue weighted by Crippen LogP contribution is -2.35. The third kappa shape index (κ3) is 4.27. The Bertz CT molecular complexity index is 877. The lowest BCUT2D eigenvalue weighted by Gasteiger charge is -2.41. The van der Waals surface area contributed by atoms with Crippen molar-refractivity contribution in [3.63, 3.8) is 0 Å². The maximum absolute atomic E-state index is 11.9. The van der Waals surface area contributed by atoms with Gasteiger partial charge in [0.2, 0.25) is 0 Å². The molecule has 1 aliphatic rings. The first kappa shape index (κ1) is 20.5. The molecule has 0 saturated carbocycles. The molecule has 1 atom stereocenters. The van der Waals surface area contributed by atoms with E-state index in [2.05, 4.69) is 50.5 Å². The molecule has 4 nitrogen and oxygen atoms in total. The van der Waals surface area contributed by atoms with Gasteiger partial charge in [-0.3, -0.25) is 0 Å². The van der Waals surface area contributed by atoms with Crippen LogP contribution in [-0.4, -0.2) is 19.6 Å². The van der Waals surface area contributed by atoms with Gasteiger partial charge in [0.15, 0.2) is 0 Å².